The first-order valence-corrected chi connectivity index (χ1v) is 6.18. The Morgan fingerprint density at radius 2 is 2.22 bits per heavy atom. The van der Waals surface area contributed by atoms with Crippen LogP contribution >= 0.6 is 0 Å². The highest BCUT2D eigenvalue weighted by Crippen LogP contribution is 2.14. The van der Waals surface area contributed by atoms with E-state index >= 15 is 0 Å². The van der Waals surface area contributed by atoms with Crippen molar-refractivity contribution in [2.45, 2.75) is 25.8 Å². The summed E-state index contributed by atoms with van der Waals surface area (Å²) in [5, 5.41) is 3.00. The Kier molecular flexibility index (Phi) is 4.27. The van der Waals surface area contributed by atoms with Crippen LogP contribution in [-0.2, 0) is 0 Å². The second-order valence-corrected chi connectivity index (χ2v) is 4.51. The summed E-state index contributed by atoms with van der Waals surface area (Å²) < 4.78 is 13.5. The second kappa shape index (κ2) is 5.92. The Morgan fingerprint density at radius 1 is 1.50 bits per heavy atom. The summed E-state index contributed by atoms with van der Waals surface area (Å²) in [6.45, 7) is 5.01. The number of nitrogen functional groups attached to an aromatic ring is 1. The van der Waals surface area contributed by atoms with Gasteiger partial charge in [-0.05, 0) is 32.9 Å². The molecule has 1 atom stereocenters. The quantitative estimate of drug-likeness (QED) is 0.533. The number of hydrogen-bond acceptors (Lipinski definition) is 6. The number of hydrazine groups is 1. The molecule has 0 amide bonds. The molecule has 4 N–H and O–H groups in total. The number of nitrogens with zero attached hydrogens (tertiary/aromatic N) is 3. The van der Waals surface area contributed by atoms with Crippen molar-refractivity contribution in [3.63, 3.8) is 0 Å². The van der Waals surface area contributed by atoms with Crippen molar-refractivity contribution in [3.8, 4) is 0 Å². The Hall–Kier alpha value is -1.47. The van der Waals surface area contributed by atoms with Gasteiger partial charge in [0.1, 0.15) is 0 Å². The van der Waals surface area contributed by atoms with Crippen molar-refractivity contribution < 1.29 is 4.39 Å². The van der Waals surface area contributed by atoms with Gasteiger partial charge in [-0.15, -0.1) is 0 Å². The molecule has 0 aliphatic carbocycles. The van der Waals surface area contributed by atoms with Crippen LogP contribution < -0.4 is 16.6 Å². The summed E-state index contributed by atoms with van der Waals surface area (Å²) in [5.41, 5.74) is 2.30. The van der Waals surface area contributed by atoms with Crippen LogP contribution in [0, 0.1) is 5.82 Å². The van der Waals surface area contributed by atoms with Gasteiger partial charge in [0.2, 0.25) is 5.95 Å². The number of nitrogens with two attached hydrogens (primary N) is 1. The van der Waals surface area contributed by atoms with Gasteiger partial charge in [0.15, 0.2) is 11.6 Å². The Balaban J connectivity index is 1.92. The van der Waals surface area contributed by atoms with E-state index in [1.54, 1.807) is 0 Å². The van der Waals surface area contributed by atoms with E-state index in [9.17, 15) is 4.39 Å². The number of anilines is 2. The lowest BCUT2D eigenvalue weighted by atomic mass is 10.3. The van der Waals surface area contributed by atoms with Crippen molar-refractivity contribution in [1.29, 1.82) is 0 Å². The molecule has 0 saturated carbocycles. The first kappa shape index (κ1) is 13.0. The van der Waals surface area contributed by atoms with Gasteiger partial charge in [0.25, 0.3) is 0 Å². The summed E-state index contributed by atoms with van der Waals surface area (Å²) in [5.74, 6) is 5.11. The van der Waals surface area contributed by atoms with Crippen LogP contribution in [0.25, 0.3) is 0 Å². The van der Waals surface area contributed by atoms with Gasteiger partial charge < -0.3 is 5.32 Å². The van der Waals surface area contributed by atoms with Crippen LogP contribution in [0.3, 0.4) is 0 Å². The minimum Gasteiger partial charge on any atom is -0.366 e. The molecule has 1 aromatic rings. The van der Waals surface area contributed by atoms with Crippen LogP contribution in [0.1, 0.15) is 19.8 Å². The molecule has 100 valence electrons. The lowest BCUT2D eigenvalue weighted by Crippen LogP contribution is -2.35. The molecule has 0 aromatic carbocycles. The maximum atomic E-state index is 13.5. The van der Waals surface area contributed by atoms with Crippen LogP contribution in [0.4, 0.5) is 16.2 Å². The summed E-state index contributed by atoms with van der Waals surface area (Å²) in [4.78, 5) is 10.0. The van der Waals surface area contributed by atoms with E-state index < -0.39 is 5.82 Å². The average Bonchev–Trinajstić information content (AvgIpc) is 2.91. The predicted octanol–water partition coefficient (Wildman–Crippen LogP) is 0.797. The van der Waals surface area contributed by atoms with Gasteiger partial charge in [0.05, 0.1) is 6.20 Å². The molecular weight excluding hydrogens is 235 g/mol. The third-order valence-electron chi connectivity index (χ3n) is 3.20. The van der Waals surface area contributed by atoms with Gasteiger partial charge in [-0.2, -0.15) is 4.98 Å². The third kappa shape index (κ3) is 3.05. The Morgan fingerprint density at radius 3 is 2.89 bits per heavy atom. The number of halogens is 1. The number of nitrogens with one attached hydrogen (secondary N) is 2. The molecule has 2 rings (SSSR count). The highest BCUT2D eigenvalue weighted by Gasteiger charge is 2.18. The summed E-state index contributed by atoms with van der Waals surface area (Å²) >= 11 is 0. The molecule has 0 spiro atoms. The fourth-order valence-electron chi connectivity index (χ4n) is 2.12. The minimum absolute atomic E-state index is 0.184. The van der Waals surface area contributed by atoms with E-state index in [0.717, 1.165) is 19.3 Å². The van der Waals surface area contributed by atoms with Crippen LogP contribution in [0.15, 0.2) is 6.20 Å². The summed E-state index contributed by atoms with van der Waals surface area (Å²) in [6, 6.07) is 0.358. The molecule has 1 aromatic heterocycles. The van der Waals surface area contributed by atoms with E-state index in [1.165, 1.54) is 12.8 Å². The Bertz CT molecular complexity index is 393. The molecule has 7 heteroatoms. The molecule has 1 aliphatic rings. The highest BCUT2D eigenvalue weighted by atomic mass is 19.1. The van der Waals surface area contributed by atoms with E-state index in [-0.39, 0.29) is 11.8 Å². The van der Waals surface area contributed by atoms with Crippen molar-refractivity contribution in [2.75, 3.05) is 30.4 Å². The molecule has 1 saturated heterocycles. The van der Waals surface area contributed by atoms with Crippen LogP contribution in [-0.4, -0.2) is 40.5 Å². The summed E-state index contributed by atoms with van der Waals surface area (Å²) in [6.07, 6.45) is 3.59. The molecular formula is C11H19FN6. The maximum absolute atomic E-state index is 13.5. The van der Waals surface area contributed by atoms with E-state index in [0.29, 0.717) is 12.6 Å². The first-order valence-electron chi connectivity index (χ1n) is 6.18. The smallest absolute Gasteiger partial charge is 0.239 e. The van der Waals surface area contributed by atoms with Gasteiger partial charge >= 0.3 is 0 Å². The minimum atomic E-state index is -0.470. The molecule has 18 heavy (non-hydrogen) atoms. The zero-order valence-electron chi connectivity index (χ0n) is 10.5. The predicted molar refractivity (Wildman–Crippen MR) is 68.6 cm³/mol. The first-order chi connectivity index (χ1) is 8.70. The summed E-state index contributed by atoms with van der Waals surface area (Å²) in [7, 11) is 0. The molecule has 1 unspecified atom stereocenters. The van der Waals surface area contributed by atoms with Gasteiger partial charge in [-0.25, -0.2) is 15.2 Å². The van der Waals surface area contributed by atoms with Crippen molar-refractivity contribution >= 4 is 11.8 Å². The normalized spacial score (nSPS) is 17.7. The maximum Gasteiger partial charge on any atom is 0.239 e. The average molecular weight is 254 g/mol. The van der Waals surface area contributed by atoms with Gasteiger partial charge in [0, 0.05) is 12.6 Å². The number of rotatable bonds is 5. The van der Waals surface area contributed by atoms with E-state index in [1.807, 2.05) is 0 Å². The molecule has 6 nitrogen and oxygen atoms in total. The van der Waals surface area contributed by atoms with Crippen molar-refractivity contribution in [3.05, 3.63) is 12.0 Å². The Labute approximate surface area is 106 Å². The topological polar surface area (TPSA) is 79.1 Å². The van der Waals surface area contributed by atoms with Crippen LogP contribution in [0.2, 0.25) is 0 Å². The zero-order valence-corrected chi connectivity index (χ0v) is 10.5. The lowest BCUT2D eigenvalue weighted by Gasteiger charge is -2.24. The zero-order chi connectivity index (χ0) is 13.0. The molecule has 1 aliphatic heterocycles. The van der Waals surface area contributed by atoms with Gasteiger partial charge in [-0.1, -0.05) is 0 Å². The largest absolute Gasteiger partial charge is 0.366 e. The molecule has 0 radical (unpaired) electrons. The SMILES string of the molecule is CC(CNc1nc(NN)ncc1F)N1CCCC1. The van der Waals surface area contributed by atoms with Crippen molar-refractivity contribution in [2.24, 2.45) is 5.84 Å². The second-order valence-electron chi connectivity index (χ2n) is 4.51. The third-order valence-corrected chi connectivity index (χ3v) is 3.20. The van der Waals surface area contributed by atoms with E-state index in [4.69, 9.17) is 5.84 Å². The standard InChI is InChI=1S/C11H19FN6/c1-8(18-4-2-3-5-18)6-14-10-9(12)7-15-11(16-10)17-13/h7-8H,2-6,13H2,1H3,(H2,14,15,16,17). The molecule has 0 bridgehead atoms. The number of likely N-dealkylation sites (tertiary alicyclic amines) is 1. The van der Waals surface area contributed by atoms with Crippen LogP contribution in [0.5, 0.6) is 0 Å². The fraction of sp³-hybridized carbons (Fsp3) is 0.636. The molecule has 1 fully saturated rings. The fourth-order valence-corrected chi connectivity index (χ4v) is 2.12. The van der Waals surface area contributed by atoms with Crippen molar-refractivity contribution in [1.82, 2.24) is 14.9 Å². The lowest BCUT2D eigenvalue weighted by molar-refractivity contribution is 0.269. The van der Waals surface area contributed by atoms with E-state index in [2.05, 4.69) is 32.5 Å². The number of hydrogen-bond donors (Lipinski definition) is 3. The van der Waals surface area contributed by atoms with Gasteiger partial charge in [-0.3, -0.25) is 10.3 Å². The number of aromatic nitrogens is 2. The monoisotopic (exact) mass is 254 g/mol. The molecule has 2 heterocycles. The highest BCUT2D eigenvalue weighted by molar-refractivity contribution is 5.40.